The Labute approximate surface area is 156 Å². The van der Waals surface area contributed by atoms with Crippen molar-refractivity contribution in [2.45, 2.75) is 32.7 Å². The second kappa shape index (κ2) is 6.83. The van der Waals surface area contributed by atoms with Gasteiger partial charge in [0.25, 0.3) is 11.5 Å². The lowest BCUT2D eigenvalue weighted by Gasteiger charge is -2.31. The van der Waals surface area contributed by atoms with Gasteiger partial charge in [-0.1, -0.05) is 17.7 Å². The maximum atomic E-state index is 13.2. The summed E-state index contributed by atoms with van der Waals surface area (Å²) in [5, 5.41) is 8.49. The first-order valence-electron chi connectivity index (χ1n) is 9.05. The molecule has 27 heavy (non-hydrogen) atoms. The normalized spacial score (nSPS) is 14.7. The molecule has 7 nitrogen and oxygen atoms in total. The van der Waals surface area contributed by atoms with E-state index in [-0.39, 0.29) is 11.5 Å². The number of hydrogen-bond donors (Lipinski definition) is 0. The van der Waals surface area contributed by atoms with Gasteiger partial charge in [0.05, 0.1) is 0 Å². The van der Waals surface area contributed by atoms with Crippen LogP contribution in [0, 0.1) is 6.92 Å². The standard InChI is InChI=1S/C20H21N5O2/c1-14-6-7-17-16(13-14)5-3-11-23(17)20(27)15(2)25-19(26)9-8-18(22-25)24-12-4-10-21-24/h4,6-10,12-13,15H,3,5,11H2,1-2H3. The largest absolute Gasteiger partial charge is 0.310 e. The lowest BCUT2D eigenvalue weighted by atomic mass is 9.99. The maximum absolute atomic E-state index is 13.2. The molecule has 0 aliphatic carbocycles. The third-order valence-corrected chi connectivity index (χ3v) is 4.89. The third kappa shape index (κ3) is 3.16. The molecule has 138 valence electrons. The van der Waals surface area contributed by atoms with Crippen LogP contribution in [0.25, 0.3) is 5.82 Å². The van der Waals surface area contributed by atoms with E-state index in [0.29, 0.717) is 12.4 Å². The Morgan fingerprint density at radius 1 is 1.22 bits per heavy atom. The average molecular weight is 363 g/mol. The number of amides is 1. The molecular formula is C20H21N5O2. The van der Waals surface area contributed by atoms with Crippen molar-refractivity contribution >= 4 is 11.6 Å². The molecule has 0 fully saturated rings. The summed E-state index contributed by atoms with van der Waals surface area (Å²) < 4.78 is 2.80. The zero-order chi connectivity index (χ0) is 19.0. The van der Waals surface area contributed by atoms with E-state index >= 15 is 0 Å². The number of benzene rings is 1. The summed E-state index contributed by atoms with van der Waals surface area (Å²) in [6, 6.07) is 10.2. The minimum absolute atomic E-state index is 0.132. The fourth-order valence-electron chi connectivity index (χ4n) is 3.50. The van der Waals surface area contributed by atoms with E-state index < -0.39 is 6.04 Å². The van der Waals surface area contributed by atoms with Gasteiger partial charge in [-0.15, -0.1) is 5.10 Å². The van der Waals surface area contributed by atoms with Crippen molar-refractivity contribution in [3.8, 4) is 5.82 Å². The molecule has 3 aromatic rings. The summed E-state index contributed by atoms with van der Waals surface area (Å²) in [6.45, 7) is 4.41. The van der Waals surface area contributed by atoms with Crippen molar-refractivity contribution in [3.63, 3.8) is 0 Å². The lowest BCUT2D eigenvalue weighted by Crippen LogP contribution is -2.42. The van der Waals surface area contributed by atoms with Gasteiger partial charge in [0.2, 0.25) is 0 Å². The Kier molecular flexibility index (Phi) is 4.35. The minimum atomic E-state index is -0.708. The number of rotatable bonds is 3. The number of nitrogens with zero attached hydrogens (tertiary/aromatic N) is 5. The van der Waals surface area contributed by atoms with Crippen molar-refractivity contribution in [2.24, 2.45) is 0 Å². The average Bonchev–Trinajstić information content (AvgIpc) is 3.21. The molecule has 1 aromatic carbocycles. The quantitative estimate of drug-likeness (QED) is 0.716. The van der Waals surface area contributed by atoms with Crippen LogP contribution in [-0.4, -0.2) is 32.0 Å². The Morgan fingerprint density at radius 2 is 2.07 bits per heavy atom. The molecule has 7 heteroatoms. The molecule has 3 heterocycles. The zero-order valence-corrected chi connectivity index (χ0v) is 15.4. The molecule has 1 amide bonds. The second-order valence-corrected chi connectivity index (χ2v) is 6.83. The number of fused-ring (bicyclic) bond motifs is 1. The topological polar surface area (TPSA) is 73.0 Å². The van der Waals surface area contributed by atoms with E-state index in [9.17, 15) is 9.59 Å². The van der Waals surface area contributed by atoms with E-state index in [1.165, 1.54) is 21.9 Å². The Balaban J connectivity index is 1.68. The highest BCUT2D eigenvalue weighted by atomic mass is 16.2. The Hall–Kier alpha value is -3.22. The molecular weight excluding hydrogens is 342 g/mol. The van der Waals surface area contributed by atoms with Gasteiger partial charge < -0.3 is 4.90 Å². The molecule has 0 saturated carbocycles. The predicted octanol–water partition coefficient (Wildman–Crippen LogP) is 2.28. The number of carbonyl (C=O) groups is 1. The van der Waals surface area contributed by atoms with E-state index in [1.807, 2.05) is 19.1 Å². The van der Waals surface area contributed by atoms with Gasteiger partial charge in [0.15, 0.2) is 5.82 Å². The van der Waals surface area contributed by atoms with Crippen molar-refractivity contribution in [1.29, 1.82) is 0 Å². The van der Waals surface area contributed by atoms with E-state index in [0.717, 1.165) is 18.5 Å². The van der Waals surface area contributed by atoms with Crippen LogP contribution in [0.15, 0.2) is 53.6 Å². The smallest absolute Gasteiger partial charge is 0.267 e. The number of carbonyl (C=O) groups excluding carboxylic acids is 1. The highest BCUT2D eigenvalue weighted by Crippen LogP contribution is 2.29. The third-order valence-electron chi connectivity index (χ3n) is 4.89. The van der Waals surface area contributed by atoms with E-state index in [1.54, 1.807) is 41.0 Å². The molecule has 1 aliphatic heterocycles. The van der Waals surface area contributed by atoms with Crippen LogP contribution in [0.5, 0.6) is 0 Å². The van der Waals surface area contributed by atoms with Crippen LogP contribution < -0.4 is 10.5 Å². The van der Waals surface area contributed by atoms with Gasteiger partial charge in [0.1, 0.15) is 6.04 Å². The minimum Gasteiger partial charge on any atom is -0.310 e. The summed E-state index contributed by atoms with van der Waals surface area (Å²) in [7, 11) is 0. The van der Waals surface area contributed by atoms with E-state index in [2.05, 4.69) is 16.3 Å². The highest BCUT2D eigenvalue weighted by molar-refractivity contribution is 5.97. The molecule has 1 aliphatic rings. The molecule has 0 N–H and O–H groups in total. The first kappa shape index (κ1) is 17.2. The molecule has 4 rings (SSSR count). The van der Waals surface area contributed by atoms with E-state index in [4.69, 9.17) is 0 Å². The molecule has 2 aromatic heterocycles. The summed E-state index contributed by atoms with van der Waals surface area (Å²) in [6.07, 6.45) is 5.25. The van der Waals surface area contributed by atoms with Gasteiger partial charge in [0, 0.05) is 30.7 Å². The Morgan fingerprint density at radius 3 is 2.85 bits per heavy atom. The van der Waals surface area contributed by atoms with Crippen molar-refractivity contribution in [3.05, 3.63) is 70.3 Å². The molecule has 0 saturated heterocycles. The summed E-state index contributed by atoms with van der Waals surface area (Å²) >= 11 is 0. The fourth-order valence-corrected chi connectivity index (χ4v) is 3.50. The number of anilines is 1. The molecule has 0 spiro atoms. The lowest BCUT2D eigenvalue weighted by molar-refractivity contribution is -0.121. The Bertz CT molecular complexity index is 1040. The zero-order valence-electron chi connectivity index (χ0n) is 15.4. The van der Waals surface area contributed by atoms with Crippen LogP contribution >= 0.6 is 0 Å². The first-order chi connectivity index (χ1) is 13.0. The van der Waals surface area contributed by atoms with Crippen LogP contribution in [0.1, 0.15) is 30.5 Å². The first-order valence-corrected chi connectivity index (χ1v) is 9.05. The monoisotopic (exact) mass is 363 g/mol. The van der Waals surface area contributed by atoms with Gasteiger partial charge in [-0.3, -0.25) is 9.59 Å². The summed E-state index contributed by atoms with van der Waals surface area (Å²) in [5.41, 5.74) is 2.97. The molecule has 0 radical (unpaired) electrons. The van der Waals surface area contributed by atoms with Crippen LogP contribution in [0.3, 0.4) is 0 Å². The number of aromatic nitrogens is 4. The van der Waals surface area contributed by atoms with Crippen molar-refractivity contribution < 1.29 is 4.79 Å². The van der Waals surface area contributed by atoms with Crippen LogP contribution in [-0.2, 0) is 11.2 Å². The highest BCUT2D eigenvalue weighted by Gasteiger charge is 2.28. The maximum Gasteiger partial charge on any atom is 0.267 e. The van der Waals surface area contributed by atoms with Crippen molar-refractivity contribution in [1.82, 2.24) is 19.6 Å². The summed E-state index contributed by atoms with van der Waals surface area (Å²) in [5.74, 6) is 0.362. The van der Waals surface area contributed by atoms with Crippen LogP contribution in [0.4, 0.5) is 5.69 Å². The number of aryl methyl sites for hydroxylation is 2. The van der Waals surface area contributed by atoms with Crippen LogP contribution in [0.2, 0.25) is 0 Å². The van der Waals surface area contributed by atoms with Crippen molar-refractivity contribution in [2.75, 3.05) is 11.4 Å². The molecule has 1 atom stereocenters. The second-order valence-electron chi connectivity index (χ2n) is 6.83. The van der Waals surface area contributed by atoms with Gasteiger partial charge in [-0.2, -0.15) is 5.10 Å². The number of hydrogen-bond acceptors (Lipinski definition) is 4. The van der Waals surface area contributed by atoms with Gasteiger partial charge in [-0.25, -0.2) is 9.36 Å². The fraction of sp³-hybridized carbons (Fsp3) is 0.300. The van der Waals surface area contributed by atoms with Gasteiger partial charge >= 0.3 is 0 Å². The summed E-state index contributed by atoms with van der Waals surface area (Å²) in [4.78, 5) is 27.3. The SMILES string of the molecule is Cc1ccc2c(c1)CCCN2C(=O)C(C)n1nc(-n2cccn2)ccc1=O. The predicted molar refractivity (Wildman–Crippen MR) is 102 cm³/mol. The molecule has 0 bridgehead atoms. The van der Waals surface area contributed by atoms with Gasteiger partial charge in [-0.05, 0) is 50.5 Å². The molecule has 1 unspecified atom stereocenters.